The van der Waals surface area contributed by atoms with Gasteiger partial charge in [-0.2, -0.15) is 0 Å². The van der Waals surface area contributed by atoms with Gasteiger partial charge >= 0.3 is 6.03 Å². The molecule has 0 aliphatic heterocycles. The third kappa shape index (κ3) is 5.64. The van der Waals surface area contributed by atoms with E-state index in [1.165, 1.54) is 30.4 Å². The van der Waals surface area contributed by atoms with Gasteiger partial charge in [-0.25, -0.2) is 13.2 Å². The fraction of sp³-hybridized carbons (Fsp3) is 0.130. The van der Waals surface area contributed by atoms with Crippen LogP contribution in [0.25, 0.3) is 0 Å². The average Bonchev–Trinajstić information content (AvgIpc) is 2.79. The predicted octanol–water partition coefficient (Wildman–Crippen LogP) is 3.66. The summed E-state index contributed by atoms with van der Waals surface area (Å²) in [4.78, 5) is 24.6. The van der Waals surface area contributed by atoms with Crippen LogP contribution in [0.4, 0.5) is 21.9 Å². The molecule has 166 valence electrons. The van der Waals surface area contributed by atoms with E-state index in [9.17, 15) is 18.0 Å². The first-order valence-corrected chi connectivity index (χ1v) is 11.3. The van der Waals surface area contributed by atoms with Crippen LogP contribution in [0.1, 0.15) is 6.92 Å². The fourth-order valence-corrected chi connectivity index (χ4v) is 4.11. The summed E-state index contributed by atoms with van der Waals surface area (Å²) < 4.78 is 27.1. The summed E-state index contributed by atoms with van der Waals surface area (Å²) in [7, 11) is -2.36. The normalized spacial score (nSPS) is 11.8. The molecule has 0 radical (unpaired) electrons. The molecule has 0 aromatic heterocycles. The summed E-state index contributed by atoms with van der Waals surface area (Å²) in [5, 5.41) is 7.82. The first-order chi connectivity index (χ1) is 15.3. The molecule has 0 saturated carbocycles. The van der Waals surface area contributed by atoms with E-state index in [4.69, 9.17) is 0 Å². The van der Waals surface area contributed by atoms with E-state index in [0.717, 1.165) is 0 Å². The molecule has 3 aromatic rings. The standard InChI is InChI=1S/C23H24N4O4S/c1-17(24-23(29)26-18-10-5-3-6-11-18)22(28)25-19-12-9-15-21(16-19)32(30,31)27(2)20-13-7-4-8-14-20/h3-17H,1-2H3,(H,25,28)(H2,24,26,29)/t17-/m0/s1. The van der Waals surface area contributed by atoms with Gasteiger partial charge in [0.1, 0.15) is 6.04 Å². The number of hydrogen-bond acceptors (Lipinski definition) is 4. The molecule has 3 rings (SSSR count). The zero-order valence-corrected chi connectivity index (χ0v) is 18.5. The largest absolute Gasteiger partial charge is 0.326 e. The summed E-state index contributed by atoms with van der Waals surface area (Å²) in [5.41, 5.74) is 1.41. The molecule has 3 aromatic carbocycles. The van der Waals surface area contributed by atoms with Gasteiger partial charge in [0.05, 0.1) is 10.6 Å². The topological polar surface area (TPSA) is 108 Å². The first-order valence-electron chi connectivity index (χ1n) is 9.85. The number of carbonyl (C=O) groups is 2. The molecule has 9 heteroatoms. The van der Waals surface area contributed by atoms with E-state index in [-0.39, 0.29) is 4.90 Å². The van der Waals surface area contributed by atoms with Gasteiger partial charge in [0.2, 0.25) is 5.91 Å². The molecular weight excluding hydrogens is 428 g/mol. The van der Waals surface area contributed by atoms with E-state index >= 15 is 0 Å². The Kier molecular flexibility index (Phi) is 7.11. The van der Waals surface area contributed by atoms with Crippen molar-refractivity contribution in [1.82, 2.24) is 5.32 Å². The van der Waals surface area contributed by atoms with E-state index < -0.39 is 28.0 Å². The smallest absolute Gasteiger partial charge is 0.319 e. The van der Waals surface area contributed by atoms with Gasteiger partial charge in [-0.05, 0) is 49.4 Å². The third-order valence-corrected chi connectivity index (χ3v) is 6.43. The highest BCUT2D eigenvalue weighted by molar-refractivity contribution is 7.92. The highest BCUT2D eigenvalue weighted by atomic mass is 32.2. The van der Waals surface area contributed by atoms with Crippen molar-refractivity contribution in [1.29, 1.82) is 0 Å². The molecule has 0 fully saturated rings. The predicted molar refractivity (Wildman–Crippen MR) is 125 cm³/mol. The van der Waals surface area contributed by atoms with Crippen LogP contribution < -0.4 is 20.3 Å². The number of hydrogen-bond donors (Lipinski definition) is 3. The molecule has 3 amide bonds. The van der Waals surface area contributed by atoms with Crippen LogP contribution in [0, 0.1) is 0 Å². The second-order valence-corrected chi connectivity index (χ2v) is 8.98. The number of rotatable bonds is 7. The number of amides is 3. The molecule has 0 saturated heterocycles. The monoisotopic (exact) mass is 452 g/mol. The molecule has 0 heterocycles. The van der Waals surface area contributed by atoms with Gasteiger partial charge in [0.15, 0.2) is 0 Å². The molecule has 0 aliphatic rings. The lowest BCUT2D eigenvalue weighted by Gasteiger charge is -2.20. The number of anilines is 3. The van der Waals surface area contributed by atoms with Crippen LogP contribution in [0.2, 0.25) is 0 Å². The summed E-state index contributed by atoms with van der Waals surface area (Å²) in [6.45, 7) is 1.53. The maximum Gasteiger partial charge on any atom is 0.319 e. The number of nitrogens with one attached hydrogen (secondary N) is 3. The minimum absolute atomic E-state index is 0.0316. The minimum atomic E-state index is -3.82. The van der Waals surface area contributed by atoms with Crippen LogP contribution >= 0.6 is 0 Å². The van der Waals surface area contributed by atoms with Crippen molar-refractivity contribution in [3.63, 3.8) is 0 Å². The zero-order valence-electron chi connectivity index (χ0n) is 17.6. The van der Waals surface area contributed by atoms with Crippen LogP contribution in [0.15, 0.2) is 89.8 Å². The minimum Gasteiger partial charge on any atom is -0.326 e. The molecule has 3 N–H and O–H groups in total. The van der Waals surface area contributed by atoms with E-state index in [1.54, 1.807) is 66.7 Å². The van der Waals surface area contributed by atoms with Crippen molar-refractivity contribution >= 4 is 39.0 Å². The summed E-state index contributed by atoms with van der Waals surface area (Å²) >= 11 is 0. The number of nitrogens with zero attached hydrogens (tertiary/aromatic N) is 1. The van der Waals surface area contributed by atoms with Crippen LogP contribution in [-0.2, 0) is 14.8 Å². The molecule has 0 spiro atoms. The third-order valence-electron chi connectivity index (χ3n) is 4.65. The Labute approximate surface area is 187 Å². The molecule has 1 atom stereocenters. The van der Waals surface area contributed by atoms with Gasteiger partial charge in [-0.3, -0.25) is 9.10 Å². The number of para-hydroxylation sites is 2. The quantitative estimate of drug-likeness (QED) is 0.508. The van der Waals surface area contributed by atoms with Crippen LogP contribution in [0.3, 0.4) is 0 Å². The second kappa shape index (κ2) is 9.97. The number of urea groups is 1. The van der Waals surface area contributed by atoms with E-state index in [0.29, 0.717) is 17.1 Å². The highest BCUT2D eigenvalue weighted by Gasteiger charge is 2.22. The van der Waals surface area contributed by atoms with Gasteiger partial charge < -0.3 is 16.0 Å². The van der Waals surface area contributed by atoms with Crippen LogP contribution in [-0.4, -0.2) is 33.4 Å². The van der Waals surface area contributed by atoms with Crippen molar-refractivity contribution in [3.8, 4) is 0 Å². The van der Waals surface area contributed by atoms with Crippen molar-refractivity contribution < 1.29 is 18.0 Å². The molecule has 0 aliphatic carbocycles. The van der Waals surface area contributed by atoms with Gasteiger partial charge in [0, 0.05) is 18.4 Å². The summed E-state index contributed by atoms with van der Waals surface area (Å²) in [6, 6.07) is 22.1. The first kappa shape index (κ1) is 22.8. The Bertz CT molecular complexity index is 1180. The summed E-state index contributed by atoms with van der Waals surface area (Å²) in [5.74, 6) is -0.487. The maximum atomic E-state index is 13.0. The lowest BCUT2D eigenvalue weighted by Crippen LogP contribution is -2.43. The van der Waals surface area contributed by atoms with E-state index in [2.05, 4.69) is 16.0 Å². The van der Waals surface area contributed by atoms with Gasteiger partial charge in [-0.1, -0.05) is 42.5 Å². The Balaban J connectivity index is 1.66. The highest BCUT2D eigenvalue weighted by Crippen LogP contribution is 2.23. The summed E-state index contributed by atoms with van der Waals surface area (Å²) in [6.07, 6.45) is 0. The number of sulfonamides is 1. The Morgan fingerprint density at radius 2 is 1.41 bits per heavy atom. The Hall–Kier alpha value is -3.85. The van der Waals surface area contributed by atoms with Gasteiger partial charge in [-0.15, -0.1) is 0 Å². The number of benzene rings is 3. The van der Waals surface area contributed by atoms with Gasteiger partial charge in [0.25, 0.3) is 10.0 Å². The molecule has 32 heavy (non-hydrogen) atoms. The second-order valence-electron chi connectivity index (χ2n) is 7.01. The molecule has 0 bridgehead atoms. The SMILES string of the molecule is C[C@H](NC(=O)Nc1ccccc1)C(=O)Nc1cccc(S(=O)(=O)N(C)c2ccccc2)c1. The van der Waals surface area contributed by atoms with Crippen molar-refractivity contribution in [2.75, 3.05) is 22.0 Å². The average molecular weight is 453 g/mol. The Morgan fingerprint density at radius 1 is 0.812 bits per heavy atom. The van der Waals surface area contributed by atoms with E-state index in [1.807, 2.05) is 6.07 Å². The van der Waals surface area contributed by atoms with Crippen molar-refractivity contribution in [3.05, 3.63) is 84.9 Å². The Morgan fingerprint density at radius 3 is 2.06 bits per heavy atom. The van der Waals surface area contributed by atoms with Crippen molar-refractivity contribution in [2.24, 2.45) is 0 Å². The lowest BCUT2D eigenvalue weighted by atomic mass is 10.2. The molecular formula is C23H24N4O4S. The number of carbonyl (C=O) groups excluding carboxylic acids is 2. The maximum absolute atomic E-state index is 13.0. The molecule has 8 nitrogen and oxygen atoms in total. The zero-order chi connectivity index (χ0) is 23.1. The van der Waals surface area contributed by atoms with Crippen LogP contribution in [0.5, 0.6) is 0 Å². The lowest BCUT2D eigenvalue weighted by molar-refractivity contribution is -0.117. The molecule has 0 unspecified atom stereocenters. The fourth-order valence-electron chi connectivity index (χ4n) is 2.87. The van der Waals surface area contributed by atoms with Crippen molar-refractivity contribution in [2.45, 2.75) is 17.9 Å².